The van der Waals surface area contributed by atoms with Gasteiger partial charge in [-0.2, -0.15) is 0 Å². The van der Waals surface area contributed by atoms with Crippen molar-refractivity contribution >= 4 is 0 Å². The van der Waals surface area contributed by atoms with Crippen LogP contribution < -0.4 is 5.32 Å². The minimum absolute atomic E-state index is 0.151. The molecule has 3 nitrogen and oxygen atoms in total. The second-order valence-corrected chi connectivity index (χ2v) is 4.84. The number of aliphatic hydroxyl groups excluding tert-OH is 1. The Bertz CT molecular complexity index is 372. The Balaban J connectivity index is 2.21. The van der Waals surface area contributed by atoms with Crippen LogP contribution in [0.2, 0.25) is 0 Å². The molecule has 1 fully saturated rings. The molecule has 1 atom stereocenters. The lowest BCUT2D eigenvalue weighted by Crippen LogP contribution is -2.46. The molecule has 0 radical (unpaired) electrons. The van der Waals surface area contributed by atoms with Gasteiger partial charge in [-0.15, -0.1) is 0 Å². The van der Waals surface area contributed by atoms with Crippen LogP contribution in [-0.2, 0) is 0 Å². The van der Waals surface area contributed by atoms with E-state index in [4.69, 9.17) is 0 Å². The Morgan fingerprint density at radius 2 is 2.00 bits per heavy atom. The quantitative estimate of drug-likeness (QED) is 0.826. The van der Waals surface area contributed by atoms with Crippen LogP contribution in [0.5, 0.6) is 0 Å². The fraction of sp³-hybridized carbons (Fsp3) is 0.571. The third-order valence-electron chi connectivity index (χ3n) is 3.55. The van der Waals surface area contributed by atoms with Crippen molar-refractivity contribution in [2.75, 3.05) is 32.8 Å². The van der Waals surface area contributed by atoms with E-state index in [1.807, 2.05) is 0 Å². The molecule has 1 heterocycles. The molecule has 1 saturated heterocycles. The van der Waals surface area contributed by atoms with E-state index in [1.165, 1.54) is 16.7 Å². The lowest BCUT2D eigenvalue weighted by atomic mass is 9.98. The van der Waals surface area contributed by atoms with Crippen molar-refractivity contribution in [2.24, 2.45) is 0 Å². The fourth-order valence-electron chi connectivity index (χ4n) is 2.60. The second-order valence-electron chi connectivity index (χ2n) is 4.84. The number of nitrogens with zero attached hydrogens (tertiary/aromatic N) is 1. The monoisotopic (exact) mass is 234 g/mol. The molecule has 3 heteroatoms. The molecule has 0 aliphatic carbocycles. The molecule has 1 aromatic carbocycles. The molecule has 0 bridgehead atoms. The standard InChI is InChI=1S/C14H22N2O/c1-11-3-4-13(12(2)9-11)14(10-17)16-7-5-15-6-8-16/h3-4,9,14-15,17H,5-8,10H2,1-2H3/t14-/m0/s1. The zero-order chi connectivity index (χ0) is 12.3. The van der Waals surface area contributed by atoms with Gasteiger partial charge in [0.2, 0.25) is 0 Å². The molecule has 0 spiro atoms. The van der Waals surface area contributed by atoms with Gasteiger partial charge in [-0.05, 0) is 25.0 Å². The lowest BCUT2D eigenvalue weighted by Gasteiger charge is -2.34. The highest BCUT2D eigenvalue weighted by Gasteiger charge is 2.22. The summed E-state index contributed by atoms with van der Waals surface area (Å²) in [4.78, 5) is 2.37. The van der Waals surface area contributed by atoms with E-state index in [-0.39, 0.29) is 12.6 Å². The summed E-state index contributed by atoms with van der Waals surface area (Å²) in [6.07, 6.45) is 0. The third-order valence-corrected chi connectivity index (χ3v) is 3.55. The number of rotatable bonds is 3. The summed E-state index contributed by atoms with van der Waals surface area (Å²) in [5.41, 5.74) is 3.82. The summed E-state index contributed by atoms with van der Waals surface area (Å²) < 4.78 is 0. The SMILES string of the molecule is Cc1ccc([C@H](CO)N2CCNCC2)c(C)c1. The Hall–Kier alpha value is -0.900. The number of aryl methyl sites for hydroxylation is 2. The first kappa shape index (κ1) is 12.6. The van der Waals surface area contributed by atoms with Crippen LogP contribution in [0.1, 0.15) is 22.7 Å². The van der Waals surface area contributed by atoms with Gasteiger partial charge in [0.15, 0.2) is 0 Å². The van der Waals surface area contributed by atoms with Crippen LogP contribution in [0, 0.1) is 13.8 Å². The molecule has 1 aromatic rings. The van der Waals surface area contributed by atoms with Crippen molar-refractivity contribution in [1.82, 2.24) is 10.2 Å². The van der Waals surface area contributed by atoms with Gasteiger partial charge in [-0.25, -0.2) is 0 Å². The number of nitrogens with one attached hydrogen (secondary N) is 1. The number of hydrogen-bond acceptors (Lipinski definition) is 3. The Kier molecular flexibility index (Phi) is 4.15. The van der Waals surface area contributed by atoms with Crippen LogP contribution in [0.25, 0.3) is 0 Å². The molecule has 1 aliphatic rings. The first-order valence-electron chi connectivity index (χ1n) is 6.35. The van der Waals surface area contributed by atoms with Crippen molar-refractivity contribution in [3.8, 4) is 0 Å². The van der Waals surface area contributed by atoms with Crippen LogP contribution in [-0.4, -0.2) is 42.8 Å². The predicted octanol–water partition coefficient (Wildman–Crippen LogP) is 1.24. The molecule has 0 unspecified atom stereocenters. The summed E-state index contributed by atoms with van der Waals surface area (Å²) in [5.74, 6) is 0. The van der Waals surface area contributed by atoms with Crippen molar-refractivity contribution < 1.29 is 5.11 Å². The Morgan fingerprint density at radius 1 is 1.29 bits per heavy atom. The molecule has 17 heavy (non-hydrogen) atoms. The first-order valence-corrected chi connectivity index (χ1v) is 6.35. The van der Waals surface area contributed by atoms with E-state index in [1.54, 1.807) is 0 Å². The highest BCUT2D eigenvalue weighted by Crippen LogP contribution is 2.24. The van der Waals surface area contributed by atoms with E-state index >= 15 is 0 Å². The third kappa shape index (κ3) is 2.86. The maximum Gasteiger partial charge on any atom is 0.0628 e. The Labute approximate surface area is 103 Å². The van der Waals surface area contributed by atoms with Gasteiger partial charge in [-0.1, -0.05) is 23.8 Å². The van der Waals surface area contributed by atoms with Gasteiger partial charge in [0.05, 0.1) is 12.6 Å². The van der Waals surface area contributed by atoms with Gasteiger partial charge >= 0.3 is 0 Å². The summed E-state index contributed by atoms with van der Waals surface area (Å²) in [5, 5.41) is 13.0. The van der Waals surface area contributed by atoms with Crippen LogP contribution in [0.4, 0.5) is 0 Å². The summed E-state index contributed by atoms with van der Waals surface area (Å²) in [7, 11) is 0. The van der Waals surface area contributed by atoms with Crippen molar-refractivity contribution in [3.05, 3.63) is 34.9 Å². The highest BCUT2D eigenvalue weighted by molar-refractivity contribution is 5.33. The maximum atomic E-state index is 9.66. The minimum Gasteiger partial charge on any atom is -0.394 e. The topological polar surface area (TPSA) is 35.5 Å². The first-order chi connectivity index (χ1) is 8.22. The molecular formula is C14H22N2O. The second kappa shape index (κ2) is 5.63. The molecular weight excluding hydrogens is 212 g/mol. The van der Waals surface area contributed by atoms with Crippen LogP contribution in [0.3, 0.4) is 0 Å². The predicted molar refractivity (Wildman–Crippen MR) is 70.2 cm³/mol. The van der Waals surface area contributed by atoms with E-state index in [0.717, 1.165) is 26.2 Å². The van der Waals surface area contributed by atoms with E-state index in [9.17, 15) is 5.11 Å². The zero-order valence-corrected chi connectivity index (χ0v) is 10.7. The minimum atomic E-state index is 0.151. The lowest BCUT2D eigenvalue weighted by molar-refractivity contribution is 0.110. The maximum absolute atomic E-state index is 9.66. The molecule has 0 aromatic heterocycles. The summed E-state index contributed by atoms with van der Waals surface area (Å²) >= 11 is 0. The number of benzene rings is 1. The van der Waals surface area contributed by atoms with Crippen LogP contribution in [0.15, 0.2) is 18.2 Å². The molecule has 2 rings (SSSR count). The smallest absolute Gasteiger partial charge is 0.0628 e. The highest BCUT2D eigenvalue weighted by atomic mass is 16.3. The average Bonchev–Trinajstić information content (AvgIpc) is 2.34. The zero-order valence-electron chi connectivity index (χ0n) is 10.7. The van der Waals surface area contributed by atoms with Crippen molar-refractivity contribution in [2.45, 2.75) is 19.9 Å². The Morgan fingerprint density at radius 3 is 2.59 bits per heavy atom. The van der Waals surface area contributed by atoms with Gasteiger partial charge in [-0.3, -0.25) is 4.90 Å². The normalized spacial score (nSPS) is 19.2. The number of piperazine rings is 1. The van der Waals surface area contributed by atoms with Crippen LogP contribution >= 0.6 is 0 Å². The van der Waals surface area contributed by atoms with Crippen molar-refractivity contribution in [1.29, 1.82) is 0 Å². The van der Waals surface area contributed by atoms with Gasteiger partial charge in [0, 0.05) is 26.2 Å². The van der Waals surface area contributed by atoms with E-state index < -0.39 is 0 Å². The largest absolute Gasteiger partial charge is 0.394 e. The van der Waals surface area contributed by atoms with Gasteiger partial charge < -0.3 is 10.4 Å². The van der Waals surface area contributed by atoms with E-state index in [2.05, 4.69) is 42.3 Å². The van der Waals surface area contributed by atoms with Gasteiger partial charge in [0.1, 0.15) is 0 Å². The number of aliphatic hydroxyl groups is 1. The molecule has 0 saturated carbocycles. The van der Waals surface area contributed by atoms with Crippen molar-refractivity contribution in [3.63, 3.8) is 0 Å². The van der Waals surface area contributed by atoms with E-state index in [0.29, 0.717) is 0 Å². The molecule has 0 amide bonds. The van der Waals surface area contributed by atoms with Gasteiger partial charge in [0.25, 0.3) is 0 Å². The fourth-order valence-corrected chi connectivity index (χ4v) is 2.60. The number of hydrogen-bond donors (Lipinski definition) is 2. The summed E-state index contributed by atoms with van der Waals surface area (Å²) in [6, 6.07) is 6.64. The average molecular weight is 234 g/mol. The summed E-state index contributed by atoms with van der Waals surface area (Å²) in [6.45, 7) is 8.49. The molecule has 1 aliphatic heterocycles. The molecule has 94 valence electrons. The molecule has 2 N–H and O–H groups in total.